The molecule has 3 nitrogen and oxygen atoms in total. The van der Waals surface area contributed by atoms with Crippen LogP contribution >= 0.6 is 0 Å². The Morgan fingerprint density at radius 2 is 1.85 bits per heavy atom. The lowest BCUT2D eigenvalue weighted by molar-refractivity contribution is 0.557. The van der Waals surface area contributed by atoms with E-state index in [-0.39, 0.29) is 5.41 Å². The monoisotopic (exact) mass is 265 g/mol. The highest BCUT2D eigenvalue weighted by Gasteiger charge is 2.20. The molecule has 0 aromatic heterocycles. The second-order valence-electron chi connectivity index (χ2n) is 5.52. The highest BCUT2D eigenvalue weighted by molar-refractivity contribution is 5.68. The lowest BCUT2D eigenvalue weighted by Crippen LogP contribution is -2.27. The molecule has 3 heteroatoms. The number of hydrogen-bond acceptors (Lipinski definition) is 3. The molecule has 102 valence electrons. The van der Waals surface area contributed by atoms with Crippen LogP contribution in [0.15, 0.2) is 48.5 Å². The minimum Gasteiger partial charge on any atom is -0.397 e. The van der Waals surface area contributed by atoms with Crippen molar-refractivity contribution in [2.45, 2.75) is 19.3 Å². The lowest BCUT2D eigenvalue weighted by atomic mass is 9.84. The van der Waals surface area contributed by atoms with Crippen molar-refractivity contribution in [3.63, 3.8) is 0 Å². The lowest BCUT2D eigenvalue weighted by Gasteiger charge is -2.26. The summed E-state index contributed by atoms with van der Waals surface area (Å²) in [4.78, 5) is 0. The third kappa shape index (κ3) is 3.10. The Hall–Kier alpha value is -2.47. The van der Waals surface area contributed by atoms with Gasteiger partial charge < -0.3 is 11.1 Å². The van der Waals surface area contributed by atoms with Crippen molar-refractivity contribution in [3.05, 3.63) is 59.7 Å². The number of nitrogen functional groups attached to an aromatic ring is 1. The average molecular weight is 265 g/mol. The molecule has 0 unspecified atom stereocenters. The number of nitriles is 1. The number of rotatable bonds is 4. The first-order valence-corrected chi connectivity index (χ1v) is 6.62. The van der Waals surface area contributed by atoms with Crippen LogP contribution in [-0.2, 0) is 5.41 Å². The van der Waals surface area contributed by atoms with E-state index in [1.54, 1.807) is 18.2 Å². The van der Waals surface area contributed by atoms with Crippen molar-refractivity contribution in [2.24, 2.45) is 0 Å². The average Bonchev–Trinajstić information content (AvgIpc) is 2.47. The Labute approximate surface area is 120 Å². The van der Waals surface area contributed by atoms with Crippen LogP contribution < -0.4 is 11.1 Å². The normalized spacial score (nSPS) is 10.8. The molecule has 20 heavy (non-hydrogen) atoms. The maximum absolute atomic E-state index is 8.94. The van der Waals surface area contributed by atoms with Gasteiger partial charge in [-0.3, -0.25) is 0 Å². The van der Waals surface area contributed by atoms with Gasteiger partial charge in [0.15, 0.2) is 0 Å². The van der Waals surface area contributed by atoms with E-state index >= 15 is 0 Å². The zero-order valence-electron chi connectivity index (χ0n) is 11.9. The first-order valence-electron chi connectivity index (χ1n) is 6.62. The van der Waals surface area contributed by atoms with E-state index in [1.165, 1.54) is 5.56 Å². The summed E-state index contributed by atoms with van der Waals surface area (Å²) in [6, 6.07) is 17.7. The molecule has 0 saturated carbocycles. The Morgan fingerprint density at radius 3 is 2.50 bits per heavy atom. The van der Waals surface area contributed by atoms with Gasteiger partial charge in [0.05, 0.1) is 23.0 Å². The molecular weight excluding hydrogens is 246 g/mol. The van der Waals surface area contributed by atoms with E-state index in [9.17, 15) is 0 Å². The summed E-state index contributed by atoms with van der Waals surface area (Å²) in [6.45, 7) is 5.11. The minimum atomic E-state index is -0.0175. The van der Waals surface area contributed by atoms with Gasteiger partial charge in [0.2, 0.25) is 0 Å². The fourth-order valence-corrected chi connectivity index (χ4v) is 2.09. The minimum absolute atomic E-state index is 0.0175. The first-order chi connectivity index (χ1) is 9.53. The molecule has 2 rings (SSSR count). The first kappa shape index (κ1) is 14.0. The quantitative estimate of drug-likeness (QED) is 0.831. The summed E-state index contributed by atoms with van der Waals surface area (Å²) in [6.07, 6.45) is 0. The number of anilines is 2. The predicted octanol–water partition coefficient (Wildman–Crippen LogP) is 3.53. The predicted molar refractivity (Wildman–Crippen MR) is 83.5 cm³/mol. The molecule has 0 radical (unpaired) electrons. The largest absolute Gasteiger partial charge is 0.397 e. The van der Waals surface area contributed by atoms with Gasteiger partial charge in [0.1, 0.15) is 0 Å². The zero-order valence-corrected chi connectivity index (χ0v) is 11.9. The second kappa shape index (κ2) is 5.66. The van der Waals surface area contributed by atoms with Crippen molar-refractivity contribution in [2.75, 3.05) is 17.6 Å². The Morgan fingerprint density at radius 1 is 1.15 bits per heavy atom. The molecule has 0 fully saturated rings. The van der Waals surface area contributed by atoms with E-state index in [4.69, 9.17) is 11.0 Å². The number of nitrogens with zero attached hydrogens (tertiary/aromatic N) is 1. The Kier molecular flexibility index (Phi) is 3.95. The van der Waals surface area contributed by atoms with Crippen LogP contribution in [0.2, 0.25) is 0 Å². The maximum Gasteiger partial charge on any atom is 0.0992 e. The molecule has 0 atom stereocenters. The molecule has 0 aliphatic carbocycles. The van der Waals surface area contributed by atoms with Gasteiger partial charge in [-0.2, -0.15) is 5.26 Å². The summed E-state index contributed by atoms with van der Waals surface area (Å²) < 4.78 is 0. The van der Waals surface area contributed by atoms with Gasteiger partial charge in [-0.15, -0.1) is 0 Å². The SMILES string of the molecule is CC(C)(CNc1cc(C#N)ccc1N)c1ccccc1. The van der Waals surface area contributed by atoms with E-state index in [1.807, 2.05) is 18.2 Å². The molecule has 3 N–H and O–H groups in total. The highest BCUT2D eigenvalue weighted by atomic mass is 14.9. The number of nitrogens with two attached hydrogens (primary N) is 1. The van der Waals surface area contributed by atoms with E-state index < -0.39 is 0 Å². The van der Waals surface area contributed by atoms with E-state index in [2.05, 4.69) is 37.4 Å². The summed E-state index contributed by atoms with van der Waals surface area (Å²) in [5.41, 5.74) is 9.27. The molecule has 0 saturated heterocycles. The summed E-state index contributed by atoms with van der Waals surface area (Å²) >= 11 is 0. The highest BCUT2D eigenvalue weighted by Crippen LogP contribution is 2.26. The number of benzene rings is 2. The fraction of sp³-hybridized carbons (Fsp3) is 0.235. The molecule has 0 aliphatic rings. The Bertz CT molecular complexity index is 624. The molecule has 0 bridgehead atoms. The molecule has 0 aliphatic heterocycles. The van der Waals surface area contributed by atoms with Gasteiger partial charge in [-0.1, -0.05) is 44.2 Å². The van der Waals surface area contributed by atoms with Crippen LogP contribution in [0.3, 0.4) is 0 Å². The smallest absolute Gasteiger partial charge is 0.0992 e. The van der Waals surface area contributed by atoms with Crippen molar-refractivity contribution in [1.82, 2.24) is 0 Å². The maximum atomic E-state index is 8.94. The van der Waals surface area contributed by atoms with Crippen molar-refractivity contribution >= 4 is 11.4 Å². The third-order valence-corrected chi connectivity index (χ3v) is 3.46. The standard InChI is InChI=1S/C17H19N3/c1-17(2,14-6-4-3-5-7-14)12-20-16-10-13(11-18)8-9-15(16)19/h3-10,20H,12,19H2,1-2H3. The van der Waals surface area contributed by atoms with Gasteiger partial charge in [0.25, 0.3) is 0 Å². The molecule has 0 spiro atoms. The van der Waals surface area contributed by atoms with Crippen molar-refractivity contribution in [3.8, 4) is 6.07 Å². The molecule has 2 aromatic carbocycles. The van der Waals surface area contributed by atoms with Crippen LogP contribution in [0, 0.1) is 11.3 Å². The molecule has 0 amide bonds. The van der Waals surface area contributed by atoms with Gasteiger partial charge in [-0.05, 0) is 23.8 Å². The number of nitrogens with one attached hydrogen (secondary N) is 1. The second-order valence-corrected chi connectivity index (χ2v) is 5.52. The van der Waals surface area contributed by atoms with Crippen molar-refractivity contribution < 1.29 is 0 Å². The number of hydrogen-bond donors (Lipinski definition) is 2. The van der Waals surface area contributed by atoms with Crippen LogP contribution in [-0.4, -0.2) is 6.54 Å². The van der Waals surface area contributed by atoms with Crippen molar-refractivity contribution in [1.29, 1.82) is 5.26 Å². The van der Waals surface area contributed by atoms with Crippen LogP contribution in [0.1, 0.15) is 25.0 Å². The molecular formula is C17H19N3. The fourth-order valence-electron chi connectivity index (χ4n) is 2.09. The summed E-state index contributed by atoms with van der Waals surface area (Å²) in [5, 5.41) is 12.3. The molecule has 0 heterocycles. The van der Waals surface area contributed by atoms with Crippen LogP contribution in [0.5, 0.6) is 0 Å². The molecule has 2 aromatic rings. The topological polar surface area (TPSA) is 61.8 Å². The third-order valence-electron chi connectivity index (χ3n) is 3.46. The van der Waals surface area contributed by atoms with E-state index in [0.717, 1.165) is 12.2 Å². The summed E-state index contributed by atoms with van der Waals surface area (Å²) in [5.74, 6) is 0. The van der Waals surface area contributed by atoms with E-state index in [0.29, 0.717) is 11.3 Å². The summed E-state index contributed by atoms with van der Waals surface area (Å²) in [7, 11) is 0. The van der Waals surface area contributed by atoms with Crippen LogP contribution in [0.25, 0.3) is 0 Å². The van der Waals surface area contributed by atoms with Crippen LogP contribution in [0.4, 0.5) is 11.4 Å². The Balaban J connectivity index is 2.14. The zero-order chi connectivity index (χ0) is 14.6. The van der Waals surface area contributed by atoms with Gasteiger partial charge in [0, 0.05) is 12.0 Å². The van der Waals surface area contributed by atoms with Gasteiger partial charge >= 0.3 is 0 Å². The van der Waals surface area contributed by atoms with Gasteiger partial charge in [-0.25, -0.2) is 0 Å².